The zero-order valence-corrected chi connectivity index (χ0v) is 25.8. The summed E-state index contributed by atoms with van der Waals surface area (Å²) < 4.78 is 82.6. The third-order valence-electron chi connectivity index (χ3n) is 9.35. The molecule has 6 aromatic rings. The summed E-state index contributed by atoms with van der Waals surface area (Å²) in [6.07, 6.45) is -8.20. The van der Waals surface area contributed by atoms with Crippen molar-refractivity contribution >= 4 is 0 Å². The minimum atomic E-state index is -4.50. The van der Waals surface area contributed by atoms with E-state index in [2.05, 4.69) is 0 Å². The molecule has 0 saturated carbocycles. The molecule has 0 amide bonds. The second-order valence-corrected chi connectivity index (χ2v) is 11.9. The predicted molar refractivity (Wildman–Crippen MR) is 178 cm³/mol. The van der Waals surface area contributed by atoms with Gasteiger partial charge < -0.3 is 0 Å². The molecule has 48 heavy (non-hydrogen) atoms. The van der Waals surface area contributed by atoms with E-state index in [9.17, 15) is 26.3 Å². The normalized spacial score (nSPS) is 12.5. The summed E-state index contributed by atoms with van der Waals surface area (Å²) in [6.45, 7) is 0. The van der Waals surface area contributed by atoms with Crippen molar-refractivity contribution in [2.75, 3.05) is 0 Å². The van der Waals surface area contributed by atoms with E-state index in [1.54, 1.807) is 24.3 Å². The van der Waals surface area contributed by atoms with Crippen molar-refractivity contribution in [1.82, 2.24) is 0 Å². The highest BCUT2D eigenvalue weighted by Gasteiger charge is 2.43. The molecule has 0 spiro atoms. The summed E-state index contributed by atoms with van der Waals surface area (Å²) in [5.74, 6) is 0. The number of halogens is 6. The SMILES string of the molecule is FC(F)(F)c1ccc(C(CCC(c2ccccc2)(c2ccccc2)c2ccc(C(F)(F)F)cc2)(c2ccccc2)c2ccccc2)cc1. The lowest BCUT2D eigenvalue weighted by atomic mass is 9.60. The fourth-order valence-corrected chi connectivity index (χ4v) is 7.02. The number of benzene rings is 6. The molecule has 0 aliphatic heterocycles. The molecule has 6 rings (SSSR count). The van der Waals surface area contributed by atoms with Crippen LogP contribution in [0.1, 0.15) is 57.3 Å². The average Bonchev–Trinajstić information content (AvgIpc) is 3.11. The van der Waals surface area contributed by atoms with Crippen molar-refractivity contribution in [2.45, 2.75) is 36.0 Å². The van der Waals surface area contributed by atoms with E-state index in [0.29, 0.717) is 24.0 Å². The van der Waals surface area contributed by atoms with Gasteiger partial charge in [-0.25, -0.2) is 0 Å². The van der Waals surface area contributed by atoms with Crippen LogP contribution < -0.4 is 0 Å². The van der Waals surface area contributed by atoms with Crippen LogP contribution in [0.5, 0.6) is 0 Å². The molecular weight excluding hydrogens is 618 g/mol. The van der Waals surface area contributed by atoms with Crippen molar-refractivity contribution in [3.8, 4) is 0 Å². The fraction of sp³-hybridized carbons (Fsp3) is 0.143. The minimum absolute atomic E-state index is 0.400. The second kappa shape index (κ2) is 13.2. The van der Waals surface area contributed by atoms with Crippen molar-refractivity contribution in [3.63, 3.8) is 0 Å². The molecule has 6 aromatic carbocycles. The first-order valence-corrected chi connectivity index (χ1v) is 15.6. The zero-order chi connectivity index (χ0) is 33.8. The van der Waals surface area contributed by atoms with Gasteiger partial charge in [0, 0.05) is 10.8 Å². The largest absolute Gasteiger partial charge is 0.416 e. The molecule has 6 heteroatoms. The highest BCUT2D eigenvalue weighted by atomic mass is 19.4. The van der Waals surface area contributed by atoms with E-state index < -0.39 is 34.3 Å². The molecule has 0 nitrogen and oxygen atoms in total. The molecule has 0 unspecified atom stereocenters. The third kappa shape index (κ3) is 6.27. The quantitative estimate of drug-likeness (QED) is 0.108. The summed E-state index contributed by atoms with van der Waals surface area (Å²) in [4.78, 5) is 0. The van der Waals surface area contributed by atoms with E-state index in [0.717, 1.165) is 46.5 Å². The molecule has 0 aliphatic rings. The van der Waals surface area contributed by atoms with Crippen LogP contribution in [-0.4, -0.2) is 0 Å². The molecule has 0 N–H and O–H groups in total. The van der Waals surface area contributed by atoms with Crippen molar-refractivity contribution in [1.29, 1.82) is 0 Å². The van der Waals surface area contributed by atoms with Gasteiger partial charge in [-0.05, 0) is 70.5 Å². The summed E-state index contributed by atoms with van der Waals surface area (Å²) in [7, 11) is 0. The summed E-state index contributed by atoms with van der Waals surface area (Å²) in [5, 5.41) is 0. The van der Waals surface area contributed by atoms with Gasteiger partial charge in [-0.2, -0.15) is 26.3 Å². The van der Waals surface area contributed by atoms with Crippen LogP contribution in [0.25, 0.3) is 0 Å². The standard InChI is InChI=1S/C42H32F6/c43-41(44,45)37-25-21-35(22-26-37)39(31-13-5-1-6-14-31,32-15-7-2-8-16-32)29-30-40(33-17-9-3-10-18-33,34-19-11-4-12-20-34)36-23-27-38(28-24-36)42(46,47)48/h1-28H,29-30H2. The minimum Gasteiger partial charge on any atom is -0.166 e. The highest BCUT2D eigenvalue weighted by molar-refractivity contribution is 5.54. The van der Waals surface area contributed by atoms with Crippen molar-refractivity contribution in [2.24, 2.45) is 0 Å². The van der Waals surface area contributed by atoms with Crippen LogP contribution in [0.2, 0.25) is 0 Å². The lowest BCUT2D eigenvalue weighted by Gasteiger charge is -2.42. The van der Waals surface area contributed by atoms with Crippen molar-refractivity contribution in [3.05, 3.63) is 214 Å². The van der Waals surface area contributed by atoms with Crippen LogP contribution in [0.3, 0.4) is 0 Å². The molecule has 0 heterocycles. The number of rotatable bonds is 9. The predicted octanol–water partition coefficient (Wildman–Crippen LogP) is 11.9. The Morgan fingerprint density at radius 2 is 0.438 bits per heavy atom. The molecule has 0 aromatic heterocycles. The van der Waals surface area contributed by atoms with Crippen LogP contribution in [0.4, 0.5) is 26.3 Å². The maximum atomic E-state index is 13.8. The molecule has 0 aliphatic carbocycles. The van der Waals surface area contributed by atoms with E-state index in [-0.39, 0.29) is 0 Å². The van der Waals surface area contributed by atoms with E-state index in [1.165, 1.54) is 0 Å². The van der Waals surface area contributed by atoms with Gasteiger partial charge in [0.05, 0.1) is 11.1 Å². The van der Waals surface area contributed by atoms with Gasteiger partial charge in [0.15, 0.2) is 0 Å². The van der Waals surface area contributed by atoms with Crippen LogP contribution in [0, 0.1) is 0 Å². The molecule has 0 fully saturated rings. The van der Waals surface area contributed by atoms with Gasteiger partial charge in [-0.15, -0.1) is 0 Å². The summed E-state index contributed by atoms with van der Waals surface area (Å²) in [5.41, 5.74) is 1.57. The maximum absolute atomic E-state index is 13.8. The summed E-state index contributed by atoms with van der Waals surface area (Å²) >= 11 is 0. The first-order chi connectivity index (χ1) is 23.0. The Morgan fingerprint density at radius 3 is 0.646 bits per heavy atom. The third-order valence-corrected chi connectivity index (χ3v) is 9.35. The topological polar surface area (TPSA) is 0 Å². The molecule has 242 valence electrons. The van der Waals surface area contributed by atoms with Gasteiger partial charge in [-0.3, -0.25) is 0 Å². The molecule has 0 radical (unpaired) electrons. The van der Waals surface area contributed by atoms with E-state index in [4.69, 9.17) is 0 Å². The van der Waals surface area contributed by atoms with Gasteiger partial charge in [-0.1, -0.05) is 146 Å². The Kier molecular flexibility index (Phi) is 9.02. The number of alkyl halides is 6. The Bertz CT molecular complexity index is 1670. The molecular formula is C42H32F6. The lowest BCUT2D eigenvalue weighted by molar-refractivity contribution is -0.138. The van der Waals surface area contributed by atoms with Crippen LogP contribution in [-0.2, 0) is 23.2 Å². The monoisotopic (exact) mass is 650 g/mol. The van der Waals surface area contributed by atoms with E-state index >= 15 is 0 Å². The Hall–Kier alpha value is -5.10. The zero-order valence-electron chi connectivity index (χ0n) is 25.8. The smallest absolute Gasteiger partial charge is 0.166 e. The van der Waals surface area contributed by atoms with Gasteiger partial charge >= 0.3 is 12.4 Å². The average molecular weight is 651 g/mol. The van der Waals surface area contributed by atoms with Crippen LogP contribution in [0.15, 0.2) is 170 Å². The van der Waals surface area contributed by atoms with Gasteiger partial charge in [0.2, 0.25) is 0 Å². The Labute approximate surface area is 276 Å². The lowest BCUT2D eigenvalue weighted by Crippen LogP contribution is -2.36. The van der Waals surface area contributed by atoms with Crippen LogP contribution >= 0.6 is 0 Å². The second-order valence-electron chi connectivity index (χ2n) is 11.9. The van der Waals surface area contributed by atoms with E-state index in [1.807, 2.05) is 121 Å². The van der Waals surface area contributed by atoms with Crippen molar-refractivity contribution < 1.29 is 26.3 Å². The first kappa shape index (κ1) is 32.8. The molecule has 0 saturated heterocycles. The van der Waals surface area contributed by atoms with Gasteiger partial charge in [0.25, 0.3) is 0 Å². The Morgan fingerprint density at radius 1 is 0.250 bits per heavy atom. The van der Waals surface area contributed by atoms with Gasteiger partial charge in [0.1, 0.15) is 0 Å². The summed E-state index contributed by atoms with van der Waals surface area (Å²) in [6, 6.07) is 49.4. The Balaban J connectivity index is 1.62. The molecule has 0 bridgehead atoms. The first-order valence-electron chi connectivity index (χ1n) is 15.6. The number of hydrogen-bond donors (Lipinski definition) is 0. The number of hydrogen-bond acceptors (Lipinski definition) is 0. The molecule has 0 atom stereocenters. The highest BCUT2D eigenvalue weighted by Crippen LogP contribution is 2.50. The maximum Gasteiger partial charge on any atom is 0.416 e. The fourth-order valence-electron chi connectivity index (χ4n) is 7.02.